The summed E-state index contributed by atoms with van der Waals surface area (Å²) in [6.45, 7) is 2.40. The largest absolute Gasteiger partial charge is 0.352 e. The number of rotatable bonds is 5. The highest BCUT2D eigenvalue weighted by atomic mass is 32.1. The molecule has 0 aromatic carbocycles. The van der Waals surface area contributed by atoms with Crippen LogP contribution in [0.2, 0.25) is 0 Å². The van der Waals surface area contributed by atoms with Crippen LogP contribution in [0, 0.1) is 6.92 Å². The van der Waals surface area contributed by atoms with Gasteiger partial charge in [0.15, 0.2) is 5.65 Å². The van der Waals surface area contributed by atoms with E-state index in [9.17, 15) is 4.79 Å². The minimum absolute atomic E-state index is 0.150. The van der Waals surface area contributed by atoms with Crippen molar-refractivity contribution < 1.29 is 4.79 Å². The maximum absolute atomic E-state index is 12.6. The Bertz CT molecular complexity index is 1100. The Morgan fingerprint density at radius 2 is 2.15 bits per heavy atom. The van der Waals surface area contributed by atoms with Crippen LogP contribution in [-0.2, 0) is 13.5 Å². The fourth-order valence-electron chi connectivity index (χ4n) is 2.81. The first-order valence-corrected chi connectivity index (χ1v) is 9.42. The summed E-state index contributed by atoms with van der Waals surface area (Å²) in [6.07, 6.45) is 5.84. The van der Waals surface area contributed by atoms with Crippen molar-refractivity contribution in [3.63, 3.8) is 0 Å². The van der Waals surface area contributed by atoms with Crippen LogP contribution in [0.5, 0.6) is 0 Å². The van der Waals surface area contributed by atoms with Crippen LogP contribution in [0.15, 0.2) is 42.2 Å². The van der Waals surface area contributed by atoms with E-state index in [1.807, 2.05) is 36.1 Å². The number of aryl methyl sites for hydroxylation is 2. The zero-order valence-electron chi connectivity index (χ0n) is 15.0. The zero-order valence-corrected chi connectivity index (χ0v) is 15.8. The molecule has 136 valence electrons. The second-order valence-electron chi connectivity index (χ2n) is 6.14. The van der Waals surface area contributed by atoms with Crippen molar-refractivity contribution in [1.82, 2.24) is 29.8 Å². The van der Waals surface area contributed by atoms with Gasteiger partial charge in [-0.3, -0.25) is 9.78 Å². The molecule has 4 heterocycles. The number of fused-ring (bicyclic) bond motifs is 1. The van der Waals surface area contributed by atoms with Gasteiger partial charge in [0.1, 0.15) is 16.3 Å². The van der Waals surface area contributed by atoms with E-state index in [1.54, 1.807) is 36.0 Å². The minimum Gasteiger partial charge on any atom is -0.352 e. The third kappa shape index (κ3) is 3.43. The van der Waals surface area contributed by atoms with E-state index in [2.05, 4.69) is 25.3 Å². The number of thiazole rings is 1. The summed E-state index contributed by atoms with van der Waals surface area (Å²) in [6, 6.07) is 5.58. The standard InChI is InChI=1S/C19H18N6OS/c1-12-23-16-15(6-9-21-17(16)25(12)2)18(26)22-8-5-14-11-27-19(24-14)13-4-3-7-20-10-13/h3-4,6-7,9-11H,5,8H2,1-2H3,(H,22,26). The highest BCUT2D eigenvalue weighted by molar-refractivity contribution is 7.13. The Balaban J connectivity index is 1.42. The van der Waals surface area contributed by atoms with E-state index < -0.39 is 0 Å². The number of imidazole rings is 1. The average molecular weight is 378 g/mol. The second kappa shape index (κ2) is 7.24. The molecule has 0 spiro atoms. The number of nitrogens with one attached hydrogen (secondary N) is 1. The summed E-state index contributed by atoms with van der Waals surface area (Å²) >= 11 is 1.58. The fourth-order valence-corrected chi connectivity index (χ4v) is 3.66. The van der Waals surface area contributed by atoms with Crippen molar-refractivity contribution in [2.24, 2.45) is 7.05 Å². The van der Waals surface area contributed by atoms with Gasteiger partial charge in [0, 0.05) is 49.5 Å². The Hall–Kier alpha value is -3.13. The molecule has 8 heteroatoms. The van der Waals surface area contributed by atoms with Gasteiger partial charge < -0.3 is 9.88 Å². The molecule has 4 rings (SSSR count). The number of hydrogen-bond donors (Lipinski definition) is 1. The number of amides is 1. The Morgan fingerprint density at radius 3 is 2.96 bits per heavy atom. The molecule has 0 fully saturated rings. The van der Waals surface area contributed by atoms with Crippen LogP contribution in [-0.4, -0.2) is 37.0 Å². The van der Waals surface area contributed by atoms with E-state index in [1.165, 1.54) is 0 Å². The number of nitrogens with zero attached hydrogens (tertiary/aromatic N) is 5. The molecule has 4 aromatic rings. The van der Waals surface area contributed by atoms with Crippen LogP contribution in [0.3, 0.4) is 0 Å². The summed E-state index contributed by atoms with van der Waals surface area (Å²) in [7, 11) is 1.89. The Kier molecular flexibility index (Phi) is 4.64. The quantitative estimate of drug-likeness (QED) is 0.577. The van der Waals surface area contributed by atoms with Gasteiger partial charge >= 0.3 is 0 Å². The van der Waals surface area contributed by atoms with E-state index in [0.717, 1.165) is 22.1 Å². The molecule has 0 aliphatic rings. The first-order valence-electron chi connectivity index (χ1n) is 8.54. The number of aromatic nitrogens is 5. The fraction of sp³-hybridized carbons (Fsp3) is 0.211. The molecule has 0 atom stereocenters. The van der Waals surface area contributed by atoms with Gasteiger partial charge in [0.25, 0.3) is 5.91 Å². The van der Waals surface area contributed by atoms with Crippen LogP contribution in [0.4, 0.5) is 0 Å². The van der Waals surface area contributed by atoms with Crippen LogP contribution < -0.4 is 5.32 Å². The summed E-state index contributed by atoms with van der Waals surface area (Å²) in [5, 5.41) is 5.90. The molecule has 0 aliphatic carbocycles. The molecule has 7 nitrogen and oxygen atoms in total. The van der Waals surface area contributed by atoms with Gasteiger partial charge in [0.05, 0.1) is 11.3 Å². The maximum atomic E-state index is 12.6. The van der Waals surface area contributed by atoms with E-state index in [0.29, 0.717) is 29.7 Å². The Labute approximate surface area is 160 Å². The van der Waals surface area contributed by atoms with Crippen LogP contribution >= 0.6 is 11.3 Å². The molecule has 0 bridgehead atoms. The molecule has 0 unspecified atom stereocenters. The van der Waals surface area contributed by atoms with Crippen LogP contribution in [0.1, 0.15) is 21.9 Å². The highest BCUT2D eigenvalue weighted by Crippen LogP contribution is 2.22. The Morgan fingerprint density at radius 1 is 1.26 bits per heavy atom. The van der Waals surface area contributed by atoms with Gasteiger partial charge in [-0.15, -0.1) is 11.3 Å². The topological polar surface area (TPSA) is 85.6 Å². The molecule has 0 saturated carbocycles. The van der Waals surface area contributed by atoms with Gasteiger partial charge in [-0.1, -0.05) is 0 Å². The lowest BCUT2D eigenvalue weighted by atomic mass is 10.2. The molecule has 1 N–H and O–H groups in total. The first kappa shape index (κ1) is 17.3. The lowest BCUT2D eigenvalue weighted by Crippen LogP contribution is -2.26. The van der Waals surface area contributed by atoms with Crippen molar-refractivity contribution in [3.8, 4) is 10.6 Å². The molecule has 4 aromatic heterocycles. The van der Waals surface area contributed by atoms with Crippen molar-refractivity contribution in [1.29, 1.82) is 0 Å². The van der Waals surface area contributed by atoms with E-state index >= 15 is 0 Å². The third-order valence-electron chi connectivity index (χ3n) is 4.35. The number of hydrogen-bond acceptors (Lipinski definition) is 6. The predicted molar refractivity (Wildman–Crippen MR) is 105 cm³/mol. The summed E-state index contributed by atoms with van der Waals surface area (Å²) < 4.78 is 1.88. The SMILES string of the molecule is Cc1nc2c(C(=O)NCCc3csc(-c4cccnc4)n3)ccnc2n1C. The summed E-state index contributed by atoms with van der Waals surface area (Å²) in [4.78, 5) is 30.1. The molecule has 1 amide bonds. The maximum Gasteiger partial charge on any atom is 0.253 e. The zero-order chi connectivity index (χ0) is 18.8. The highest BCUT2D eigenvalue weighted by Gasteiger charge is 2.15. The average Bonchev–Trinajstić information content (AvgIpc) is 3.27. The molecular formula is C19H18N6OS. The third-order valence-corrected chi connectivity index (χ3v) is 5.29. The van der Waals surface area contributed by atoms with Crippen molar-refractivity contribution >= 4 is 28.4 Å². The lowest BCUT2D eigenvalue weighted by molar-refractivity contribution is 0.0955. The summed E-state index contributed by atoms with van der Waals surface area (Å²) in [5.41, 5.74) is 3.83. The van der Waals surface area contributed by atoms with E-state index in [-0.39, 0.29) is 5.91 Å². The predicted octanol–water partition coefficient (Wildman–Crippen LogP) is 2.77. The van der Waals surface area contributed by atoms with Crippen LogP contribution in [0.25, 0.3) is 21.7 Å². The lowest BCUT2D eigenvalue weighted by Gasteiger charge is -2.05. The minimum atomic E-state index is -0.150. The van der Waals surface area contributed by atoms with E-state index in [4.69, 9.17) is 0 Å². The number of carbonyl (C=O) groups excluding carboxylic acids is 1. The van der Waals surface area contributed by atoms with Gasteiger partial charge in [-0.2, -0.15) is 0 Å². The molecule has 0 radical (unpaired) electrons. The normalized spacial score (nSPS) is 11.0. The molecular weight excluding hydrogens is 360 g/mol. The van der Waals surface area contributed by atoms with Crippen molar-refractivity contribution in [2.45, 2.75) is 13.3 Å². The van der Waals surface area contributed by atoms with Crippen molar-refractivity contribution in [3.05, 3.63) is 59.3 Å². The second-order valence-corrected chi connectivity index (χ2v) is 7.00. The molecule has 0 saturated heterocycles. The van der Waals surface area contributed by atoms with Crippen molar-refractivity contribution in [2.75, 3.05) is 6.54 Å². The van der Waals surface area contributed by atoms with Gasteiger partial charge in [0.2, 0.25) is 0 Å². The molecule has 0 aliphatic heterocycles. The first-order chi connectivity index (χ1) is 13.1. The number of pyridine rings is 2. The molecule has 27 heavy (non-hydrogen) atoms. The monoisotopic (exact) mass is 378 g/mol. The van der Waals surface area contributed by atoms with Gasteiger partial charge in [-0.05, 0) is 25.1 Å². The van der Waals surface area contributed by atoms with Gasteiger partial charge in [-0.25, -0.2) is 15.0 Å². The number of carbonyl (C=O) groups is 1. The smallest absolute Gasteiger partial charge is 0.253 e. The summed E-state index contributed by atoms with van der Waals surface area (Å²) in [5.74, 6) is 0.673.